The summed E-state index contributed by atoms with van der Waals surface area (Å²) in [6.07, 6.45) is 2.37. The van der Waals surface area contributed by atoms with Crippen molar-refractivity contribution in [2.45, 2.75) is 4.90 Å². The standard InChI is InChI=1S/C17H21N5O8S/c1-22-9-12(7-18-22)31(26,27)19-8-16(24)30-10-15(23)20-21-17(25)11-4-5-13(28-2)14(6-11)29-3/h4-7,9,19H,8,10H2,1-3H3,(H,20,23)(H,21,25). The minimum Gasteiger partial charge on any atom is -0.493 e. The molecular weight excluding hydrogens is 434 g/mol. The molecule has 1 aromatic heterocycles. The van der Waals surface area contributed by atoms with E-state index in [1.54, 1.807) is 0 Å². The predicted octanol–water partition coefficient (Wildman–Crippen LogP) is -1.28. The van der Waals surface area contributed by atoms with Crippen molar-refractivity contribution in [1.82, 2.24) is 25.4 Å². The van der Waals surface area contributed by atoms with Gasteiger partial charge in [0, 0.05) is 18.8 Å². The number of aromatic nitrogens is 2. The summed E-state index contributed by atoms with van der Waals surface area (Å²) < 4.78 is 42.1. The summed E-state index contributed by atoms with van der Waals surface area (Å²) in [4.78, 5) is 35.4. The summed E-state index contributed by atoms with van der Waals surface area (Å²) in [6, 6.07) is 4.38. The van der Waals surface area contributed by atoms with Crippen LogP contribution < -0.4 is 25.0 Å². The van der Waals surface area contributed by atoms with Crippen LogP contribution in [-0.2, 0) is 31.4 Å². The lowest BCUT2D eigenvalue weighted by Gasteiger charge is -2.11. The van der Waals surface area contributed by atoms with Crippen molar-refractivity contribution in [2.24, 2.45) is 7.05 Å². The highest BCUT2D eigenvalue weighted by Crippen LogP contribution is 2.27. The fourth-order valence-electron chi connectivity index (χ4n) is 2.18. The normalized spacial score (nSPS) is 10.8. The maximum Gasteiger partial charge on any atom is 0.321 e. The van der Waals surface area contributed by atoms with E-state index in [4.69, 9.17) is 9.47 Å². The number of aryl methyl sites for hydroxylation is 1. The summed E-state index contributed by atoms with van der Waals surface area (Å²) in [5, 5.41) is 3.73. The Bertz CT molecular complexity index is 1070. The zero-order valence-electron chi connectivity index (χ0n) is 16.9. The maximum absolute atomic E-state index is 12.1. The van der Waals surface area contributed by atoms with Gasteiger partial charge in [0.05, 0.1) is 20.4 Å². The molecule has 0 spiro atoms. The Morgan fingerprint density at radius 2 is 1.81 bits per heavy atom. The van der Waals surface area contributed by atoms with Gasteiger partial charge in [-0.05, 0) is 18.2 Å². The van der Waals surface area contributed by atoms with Gasteiger partial charge in [0.2, 0.25) is 10.0 Å². The van der Waals surface area contributed by atoms with Gasteiger partial charge in [0.1, 0.15) is 11.4 Å². The molecule has 168 valence electrons. The van der Waals surface area contributed by atoms with Crippen LogP contribution in [0.4, 0.5) is 0 Å². The number of rotatable bonds is 9. The molecule has 0 aliphatic heterocycles. The van der Waals surface area contributed by atoms with Gasteiger partial charge in [0.15, 0.2) is 18.1 Å². The number of nitrogens with one attached hydrogen (secondary N) is 3. The largest absolute Gasteiger partial charge is 0.493 e. The Labute approximate surface area is 177 Å². The number of sulfonamides is 1. The number of methoxy groups -OCH3 is 2. The van der Waals surface area contributed by atoms with Crippen LogP contribution in [0.3, 0.4) is 0 Å². The van der Waals surface area contributed by atoms with Crippen molar-refractivity contribution in [3.05, 3.63) is 36.2 Å². The van der Waals surface area contributed by atoms with Crippen molar-refractivity contribution < 1.29 is 37.0 Å². The summed E-state index contributed by atoms with van der Waals surface area (Å²) in [6.45, 7) is -1.43. The van der Waals surface area contributed by atoms with Crippen molar-refractivity contribution in [3.8, 4) is 11.5 Å². The Hall–Kier alpha value is -3.65. The number of hydrogen-bond acceptors (Lipinski definition) is 9. The van der Waals surface area contributed by atoms with Crippen molar-refractivity contribution in [1.29, 1.82) is 0 Å². The molecule has 0 atom stereocenters. The Balaban J connectivity index is 1.76. The fourth-order valence-corrected chi connectivity index (χ4v) is 3.14. The number of ether oxygens (including phenoxy) is 3. The zero-order valence-corrected chi connectivity index (χ0v) is 17.7. The number of nitrogens with zero attached hydrogens (tertiary/aromatic N) is 2. The van der Waals surface area contributed by atoms with E-state index >= 15 is 0 Å². The molecule has 0 aliphatic carbocycles. The van der Waals surface area contributed by atoms with E-state index < -0.39 is 41.0 Å². The average molecular weight is 455 g/mol. The number of hydrazine groups is 1. The Kier molecular flexibility index (Phi) is 7.93. The molecular formula is C17H21N5O8S. The number of carbonyl (C=O) groups is 3. The molecule has 0 radical (unpaired) electrons. The van der Waals surface area contributed by atoms with E-state index in [1.807, 2.05) is 4.72 Å². The van der Waals surface area contributed by atoms with Crippen LogP contribution in [0.2, 0.25) is 0 Å². The van der Waals surface area contributed by atoms with Gasteiger partial charge in [0.25, 0.3) is 11.8 Å². The van der Waals surface area contributed by atoms with E-state index in [9.17, 15) is 22.8 Å². The number of carbonyl (C=O) groups excluding carboxylic acids is 3. The molecule has 0 saturated carbocycles. The van der Waals surface area contributed by atoms with Crippen molar-refractivity contribution in [2.75, 3.05) is 27.4 Å². The van der Waals surface area contributed by atoms with E-state index in [1.165, 1.54) is 50.3 Å². The molecule has 0 aliphatic rings. The molecule has 0 unspecified atom stereocenters. The second-order valence-electron chi connectivity index (χ2n) is 5.91. The van der Waals surface area contributed by atoms with E-state index in [0.29, 0.717) is 11.5 Å². The first kappa shape index (κ1) is 23.6. The molecule has 3 N–H and O–H groups in total. The van der Waals surface area contributed by atoms with Gasteiger partial charge in [-0.25, -0.2) is 8.42 Å². The van der Waals surface area contributed by atoms with Gasteiger partial charge < -0.3 is 14.2 Å². The molecule has 31 heavy (non-hydrogen) atoms. The number of amides is 2. The van der Waals surface area contributed by atoms with E-state index in [-0.39, 0.29) is 10.5 Å². The molecule has 0 bridgehead atoms. The maximum atomic E-state index is 12.1. The van der Waals surface area contributed by atoms with Gasteiger partial charge >= 0.3 is 5.97 Å². The van der Waals surface area contributed by atoms with Gasteiger partial charge in [-0.1, -0.05) is 0 Å². The minimum absolute atomic E-state index is 0.126. The number of hydrogen-bond donors (Lipinski definition) is 3. The second-order valence-corrected chi connectivity index (χ2v) is 7.67. The first-order valence-corrected chi connectivity index (χ1v) is 10.1. The molecule has 2 rings (SSSR count). The van der Waals surface area contributed by atoms with Crippen molar-refractivity contribution in [3.63, 3.8) is 0 Å². The summed E-state index contributed by atoms with van der Waals surface area (Å²) >= 11 is 0. The Morgan fingerprint density at radius 3 is 2.42 bits per heavy atom. The molecule has 13 nitrogen and oxygen atoms in total. The SMILES string of the molecule is COc1ccc(C(=O)NNC(=O)COC(=O)CNS(=O)(=O)c2cnn(C)c2)cc1OC. The van der Waals surface area contributed by atoms with Crippen LogP contribution in [0, 0.1) is 0 Å². The summed E-state index contributed by atoms with van der Waals surface area (Å²) in [5.74, 6) is -1.73. The average Bonchev–Trinajstić information content (AvgIpc) is 3.21. The van der Waals surface area contributed by atoms with Gasteiger partial charge in [-0.2, -0.15) is 9.82 Å². The number of esters is 1. The van der Waals surface area contributed by atoms with Crippen LogP contribution in [0.1, 0.15) is 10.4 Å². The van der Waals surface area contributed by atoms with Crippen LogP contribution in [0.25, 0.3) is 0 Å². The third kappa shape index (κ3) is 6.68. The minimum atomic E-state index is -3.95. The Morgan fingerprint density at radius 1 is 1.10 bits per heavy atom. The van der Waals surface area contributed by atoms with Crippen LogP contribution in [0.15, 0.2) is 35.5 Å². The molecule has 2 aromatic rings. The smallest absolute Gasteiger partial charge is 0.321 e. The number of benzene rings is 1. The molecule has 1 heterocycles. The van der Waals surface area contributed by atoms with E-state index in [2.05, 4.69) is 20.7 Å². The molecule has 0 fully saturated rings. The monoisotopic (exact) mass is 455 g/mol. The van der Waals surface area contributed by atoms with Gasteiger partial charge in [-0.3, -0.25) is 29.9 Å². The predicted molar refractivity (Wildman–Crippen MR) is 105 cm³/mol. The fraction of sp³-hybridized carbons (Fsp3) is 0.294. The lowest BCUT2D eigenvalue weighted by Crippen LogP contribution is -2.44. The first-order chi connectivity index (χ1) is 14.7. The highest BCUT2D eigenvalue weighted by Gasteiger charge is 2.18. The van der Waals surface area contributed by atoms with E-state index in [0.717, 1.165) is 6.20 Å². The zero-order chi connectivity index (χ0) is 23.0. The lowest BCUT2D eigenvalue weighted by molar-refractivity contribution is -0.147. The quantitative estimate of drug-likeness (QED) is 0.308. The third-order valence-corrected chi connectivity index (χ3v) is 5.08. The van der Waals surface area contributed by atoms with Gasteiger partial charge in [-0.15, -0.1) is 0 Å². The molecule has 2 amide bonds. The second kappa shape index (κ2) is 10.4. The van der Waals surface area contributed by atoms with Crippen LogP contribution in [-0.4, -0.2) is 63.4 Å². The lowest BCUT2D eigenvalue weighted by atomic mass is 10.2. The summed E-state index contributed by atoms with van der Waals surface area (Å²) in [7, 11) is 0.447. The summed E-state index contributed by atoms with van der Waals surface area (Å²) in [5.41, 5.74) is 4.39. The first-order valence-electron chi connectivity index (χ1n) is 8.61. The highest BCUT2D eigenvalue weighted by atomic mass is 32.2. The third-order valence-electron chi connectivity index (χ3n) is 3.72. The molecule has 0 saturated heterocycles. The van der Waals surface area contributed by atoms with Crippen molar-refractivity contribution >= 4 is 27.8 Å². The molecule has 1 aromatic carbocycles. The highest BCUT2D eigenvalue weighted by molar-refractivity contribution is 7.89. The topological polar surface area (TPSA) is 167 Å². The van der Waals surface area contributed by atoms with Crippen LogP contribution >= 0.6 is 0 Å². The van der Waals surface area contributed by atoms with Crippen LogP contribution in [0.5, 0.6) is 11.5 Å². The molecule has 14 heteroatoms.